The highest BCUT2D eigenvalue weighted by Gasteiger charge is 2.48. The van der Waals surface area contributed by atoms with Gasteiger partial charge < -0.3 is 9.47 Å². The zero-order valence-corrected chi connectivity index (χ0v) is 9.41. The Morgan fingerprint density at radius 2 is 2.53 bits per heavy atom. The van der Waals surface area contributed by atoms with Gasteiger partial charge >= 0.3 is 5.97 Å². The molecule has 15 heavy (non-hydrogen) atoms. The van der Waals surface area contributed by atoms with Crippen LogP contribution < -0.4 is 5.32 Å². The molecule has 1 rings (SSSR count). The lowest BCUT2D eigenvalue weighted by atomic mass is 9.92. The number of ether oxygens (including phenoxy) is 2. The van der Waals surface area contributed by atoms with E-state index < -0.39 is 5.54 Å². The Balaban J connectivity index is 2.75. The maximum absolute atomic E-state index is 11.9. The summed E-state index contributed by atoms with van der Waals surface area (Å²) in [5, 5.41) is 3.16. The van der Waals surface area contributed by atoms with Crippen LogP contribution in [0.4, 0.5) is 0 Å². The van der Waals surface area contributed by atoms with Crippen molar-refractivity contribution in [2.75, 3.05) is 19.8 Å². The lowest BCUT2D eigenvalue weighted by Crippen LogP contribution is -2.57. The van der Waals surface area contributed by atoms with Crippen molar-refractivity contribution >= 4 is 5.97 Å². The monoisotopic (exact) mass is 213 g/mol. The van der Waals surface area contributed by atoms with Crippen LogP contribution in [-0.4, -0.2) is 37.4 Å². The molecule has 0 radical (unpaired) electrons. The molecule has 0 aromatic rings. The van der Waals surface area contributed by atoms with Crippen LogP contribution in [0.2, 0.25) is 0 Å². The molecular formula is C11H19NO3. The summed E-state index contributed by atoms with van der Waals surface area (Å²) in [5.41, 5.74) is -0.690. The molecule has 1 aliphatic heterocycles. The Hall–Kier alpha value is -0.870. The van der Waals surface area contributed by atoms with Crippen molar-refractivity contribution in [1.29, 1.82) is 0 Å². The molecule has 0 aromatic heterocycles. The van der Waals surface area contributed by atoms with Crippen LogP contribution in [0.1, 0.15) is 20.3 Å². The minimum atomic E-state index is -0.690. The Bertz CT molecular complexity index is 242. The maximum atomic E-state index is 11.9. The van der Waals surface area contributed by atoms with E-state index in [2.05, 4.69) is 11.9 Å². The number of rotatable bonds is 5. The number of esters is 1. The topological polar surface area (TPSA) is 47.6 Å². The molecular weight excluding hydrogens is 194 g/mol. The zero-order valence-electron chi connectivity index (χ0n) is 9.41. The van der Waals surface area contributed by atoms with Crippen LogP contribution >= 0.6 is 0 Å². The second-order valence-corrected chi connectivity index (χ2v) is 3.62. The fourth-order valence-corrected chi connectivity index (χ4v) is 1.83. The maximum Gasteiger partial charge on any atom is 0.329 e. The van der Waals surface area contributed by atoms with Gasteiger partial charge in [-0.25, -0.2) is 4.79 Å². The summed E-state index contributed by atoms with van der Waals surface area (Å²) in [5.74, 6) is -0.225. The Morgan fingerprint density at radius 1 is 1.80 bits per heavy atom. The molecule has 1 N–H and O–H groups in total. The van der Waals surface area contributed by atoms with Gasteiger partial charge in [0.15, 0.2) is 0 Å². The molecule has 4 heteroatoms. The van der Waals surface area contributed by atoms with Crippen LogP contribution in [-0.2, 0) is 14.3 Å². The normalized spacial score (nSPS) is 30.1. The van der Waals surface area contributed by atoms with Gasteiger partial charge in [0.2, 0.25) is 0 Å². The molecule has 1 saturated heterocycles. The molecule has 0 aromatic carbocycles. The van der Waals surface area contributed by atoms with E-state index in [4.69, 9.17) is 9.47 Å². The van der Waals surface area contributed by atoms with Gasteiger partial charge in [-0.15, -0.1) is 6.58 Å². The van der Waals surface area contributed by atoms with E-state index in [1.54, 1.807) is 13.0 Å². The van der Waals surface area contributed by atoms with Crippen molar-refractivity contribution in [3.63, 3.8) is 0 Å². The Labute approximate surface area is 90.6 Å². The van der Waals surface area contributed by atoms with E-state index in [-0.39, 0.29) is 12.1 Å². The highest BCUT2D eigenvalue weighted by molar-refractivity contribution is 5.82. The predicted octanol–water partition coefficient (Wildman–Crippen LogP) is 0.873. The molecule has 1 fully saturated rings. The van der Waals surface area contributed by atoms with Gasteiger partial charge in [-0.3, -0.25) is 5.32 Å². The number of hydrogen-bond donors (Lipinski definition) is 1. The van der Waals surface area contributed by atoms with E-state index in [0.29, 0.717) is 26.2 Å². The van der Waals surface area contributed by atoms with Gasteiger partial charge in [-0.1, -0.05) is 6.08 Å². The van der Waals surface area contributed by atoms with E-state index in [0.717, 1.165) is 0 Å². The van der Waals surface area contributed by atoms with Gasteiger partial charge in [0.05, 0.1) is 12.7 Å². The number of hydrogen-bond acceptors (Lipinski definition) is 4. The third-order valence-corrected chi connectivity index (χ3v) is 2.76. The van der Waals surface area contributed by atoms with Crippen LogP contribution in [0.15, 0.2) is 12.7 Å². The fourth-order valence-electron chi connectivity index (χ4n) is 1.83. The first-order valence-corrected chi connectivity index (χ1v) is 5.32. The summed E-state index contributed by atoms with van der Waals surface area (Å²) in [6.07, 6.45) is 2.23. The lowest BCUT2D eigenvalue weighted by molar-refractivity contribution is -0.153. The van der Waals surface area contributed by atoms with Crippen molar-refractivity contribution in [2.24, 2.45) is 0 Å². The standard InChI is InChI=1S/C11H19NO3/c1-4-7-12-11(10(13)14-5-2)6-8-15-9(11)3/h4,9,12H,1,5-8H2,2-3H3. The van der Waals surface area contributed by atoms with Gasteiger partial charge in [-0.2, -0.15) is 0 Å². The molecule has 0 bridgehead atoms. The number of carbonyl (C=O) groups is 1. The molecule has 86 valence electrons. The molecule has 0 spiro atoms. The first-order chi connectivity index (χ1) is 7.17. The van der Waals surface area contributed by atoms with Crippen molar-refractivity contribution in [3.8, 4) is 0 Å². The largest absolute Gasteiger partial charge is 0.465 e. The summed E-state index contributed by atoms with van der Waals surface area (Å²) < 4.78 is 10.5. The van der Waals surface area contributed by atoms with Crippen LogP contribution in [0.25, 0.3) is 0 Å². The highest BCUT2D eigenvalue weighted by Crippen LogP contribution is 2.27. The fraction of sp³-hybridized carbons (Fsp3) is 0.727. The SMILES string of the molecule is C=CCNC1(C(=O)OCC)CCOC1C. The van der Waals surface area contributed by atoms with E-state index in [9.17, 15) is 4.79 Å². The molecule has 0 saturated carbocycles. The minimum Gasteiger partial charge on any atom is -0.465 e. The molecule has 0 amide bonds. The predicted molar refractivity (Wildman–Crippen MR) is 57.6 cm³/mol. The quantitative estimate of drug-likeness (QED) is 0.544. The summed E-state index contributed by atoms with van der Waals surface area (Å²) >= 11 is 0. The third kappa shape index (κ3) is 2.38. The summed E-state index contributed by atoms with van der Waals surface area (Å²) in [6.45, 7) is 8.88. The van der Waals surface area contributed by atoms with Crippen molar-refractivity contribution in [1.82, 2.24) is 5.32 Å². The molecule has 0 aliphatic carbocycles. The highest BCUT2D eigenvalue weighted by atomic mass is 16.5. The summed E-state index contributed by atoms with van der Waals surface area (Å²) in [7, 11) is 0. The van der Waals surface area contributed by atoms with E-state index >= 15 is 0 Å². The first kappa shape index (κ1) is 12.2. The van der Waals surface area contributed by atoms with Gasteiger partial charge in [0.25, 0.3) is 0 Å². The van der Waals surface area contributed by atoms with Crippen molar-refractivity contribution < 1.29 is 14.3 Å². The van der Waals surface area contributed by atoms with Crippen molar-refractivity contribution in [3.05, 3.63) is 12.7 Å². The lowest BCUT2D eigenvalue weighted by Gasteiger charge is -2.30. The Kier molecular flexibility index (Phi) is 4.29. The molecule has 4 nitrogen and oxygen atoms in total. The summed E-state index contributed by atoms with van der Waals surface area (Å²) in [4.78, 5) is 11.9. The zero-order chi connectivity index (χ0) is 11.3. The molecule has 1 aliphatic rings. The number of carbonyl (C=O) groups excluding carboxylic acids is 1. The van der Waals surface area contributed by atoms with E-state index in [1.165, 1.54) is 0 Å². The molecule has 2 atom stereocenters. The summed E-state index contributed by atoms with van der Waals surface area (Å²) in [6, 6.07) is 0. The molecule has 2 unspecified atom stereocenters. The second kappa shape index (κ2) is 5.28. The van der Waals surface area contributed by atoms with Crippen LogP contribution in [0.3, 0.4) is 0 Å². The van der Waals surface area contributed by atoms with Crippen LogP contribution in [0.5, 0.6) is 0 Å². The average molecular weight is 213 g/mol. The number of nitrogens with one attached hydrogen (secondary N) is 1. The van der Waals surface area contributed by atoms with Crippen LogP contribution in [0, 0.1) is 0 Å². The Morgan fingerprint density at radius 3 is 3.00 bits per heavy atom. The average Bonchev–Trinajstić information content (AvgIpc) is 2.58. The molecule has 1 heterocycles. The second-order valence-electron chi connectivity index (χ2n) is 3.62. The smallest absolute Gasteiger partial charge is 0.329 e. The van der Waals surface area contributed by atoms with Gasteiger partial charge in [0, 0.05) is 19.6 Å². The van der Waals surface area contributed by atoms with E-state index in [1.807, 2.05) is 6.92 Å². The third-order valence-electron chi connectivity index (χ3n) is 2.76. The first-order valence-electron chi connectivity index (χ1n) is 5.32. The van der Waals surface area contributed by atoms with Gasteiger partial charge in [-0.05, 0) is 13.8 Å². The minimum absolute atomic E-state index is 0.156. The van der Waals surface area contributed by atoms with Gasteiger partial charge in [0.1, 0.15) is 5.54 Å². The van der Waals surface area contributed by atoms with Crippen molar-refractivity contribution in [2.45, 2.75) is 31.9 Å².